The van der Waals surface area contributed by atoms with Gasteiger partial charge in [-0.25, -0.2) is 0 Å². The van der Waals surface area contributed by atoms with Crippen LogP contribution in [0.25, 0.3) is 0 Å². The highest BCUT2D eigenvalue weighted by Crippen LogP contribution is 2.45. The van der Waals surface area contributed by atoms with Gasteiger partial charge in [-0.05, 0) is 18.7 Å². The number of amides is 1. The van der Waals surface area contributed by atoms with Crippen LogP contribution in [0.5, 0.6) is 0 Å². The van der Waals surface area contributed by atoms with Gasteiger partial charge in [-0.1, -0.05) is 42.5 Å². The minimum absolute atomic E-state index is 0.111. The molecule has 1 atom stereocenters. The van der Waals surface area contributed by atoms with Crippen molar-refractivity contribution in [2.24, 2.45) is 0 Å². The first-order valence-corrected chi connectivity index (χ1v) is 6.55. The fraction of sp³-hybridized carbons (Fsp3) is 0.333. The molecule has 1 fully saturated rings. The Bertz CT molecular complexity index is 449. The van der Waals surface area contributed by atoms with Gasteiger partial charge in [-0.2, -0.15) is 0 Å². The van der Waals surface area contributed by atoms with E-state index in [9.17, 15) is 4.79 Å². The summed E-state index contributed by atoms with van der Waals surface area (Å²) in [6.07, 6.45) is 0. The Morgan fingerprint density at radius 3 is 2.53 bits per heavy atom. The molecule has 1 saturated heterocycles. The van der Waals surface area contributed by atoms with Gasteiger partial charge in [0.05, 0.1) is 0 Å². The second-order valence-corrected chi connectivity index (χ2v) is 5.46. The summed E-state index contributed by atoms with van der Waals surface area (Å²) in [5.74, 6) is -0.111. The van der Waals surface area contributed by atoms with Crippen LogP contribution >= 0.6 is 24.0 Å². The number of benzene rings is 1. The molecule has 0 aliphatic carbocycles. The normalized spacial score (nSPS) is 24.5. The Labute approximate surface area is 110 Å². The van der Waals surface area contributed by atoms with E-state index in [2.05, 4.69) is 0 Å². The molecule has 2 rings (SSSR count). The van der Waals surface area contributed by atoms with E-state index in [0.717, 1.165) is 5.56 Å². The Morgan fingerprint density at radius 1 is 1.41 bits per heavy atom. The van der Waals surface area contributed by atoms with E-state index in [1.54, 1.807) is 7.05 Å². The van der Waals surface area contributed by atoms with Gasteiger partial charge in [0.15, 0.2) is 0 Å². The van der Waals surface area contributed by atoms with Crippen molar-refractivity contribution in [1.29, 1.82) is 0 Å². The standard InChI is InChI=1S/C12H13NO2S2/c1-3-15-12(9-7-5-4-6-8-9)10(14)13(2)11(16)17-12/h4-8H,3H2,1-2H3. The third-order valence-electron chi connectivity index (χ3n) is 2.59. The topological polar surface area (TPSA) is 29.5 Å². The molecule has 1 amide bonds. The molecule has 1 heterocycles. The lowest BCUT2D eigenvalue weighted by Gasteiger charge is -2.25. The molecule has 0 N–H and O–H groups in total. The number of ether oxygens (including phenoxy) is 1. The van der Waals surface area contributed by atoms with Crippen LogP contribution in [-0.4, -0.2) is 28.8 Å². The molecule has 0 radical (unpaired) electrons. The van der Waals surface area contributed by atoms with E-state index in [-0.39, 0.29) is 5.91 Å². The molecule has 1 aliphatic rings. The first-order valence-electron chi connectivity index (χ1n) is 5.32. The van der Waals surface area contributed by atoms with Gasteiger partial charge in [0.25, 0.3) is 5.91 Å². The number of rotatable bonds is 3. The first kappa shape index (κ1) is 12.5. The Balaban J connectivity index is 2.48. The van der Waals surface area contributed by atoms with E-state index >= 15 is 0 Å². The predicted molar refractivity (Wildman–Crippen MR) is 72.7 cm³/mol. The minimum atomic E-state index is -0.998. The lowest BCUT2D eigenvalue weighted by Crippen LogP contribution is -2.37. The van der Waals surface area contributed by atoms with Crippen molar-refractivity contribution < 1.29 is 9.53 Å². The van der Waals surface area contributed by atoms with Crippen molar-refractivity contribution in [1.82, 2.24) is 4.90 Å². The van der Waals surface area contributed by atoms with Crippen LogP contribution in [0.3, 0.4) is 0 Å². The zero-order valence-corrected chi connectivity index (χ0v) is 11.3. The van der Waals surface area contributed by atoms with Crippen molar-refractivity contribution in [3.63, 3.8) is 0 Å². The number of hydrogen-bond acceptors (Lipinski definition) is 4. The monoisotopic (exact) mass is 267 g/mol. The number of nitrogens with zero attached hydrogens (tertiary/aromatic N) is 1. The summed E-state index contributed by atoms with van der Waals surface area (Å²) in [6.45, 7) is 2.34. The molecule has 3 nitrogen and oxygen atoms in total. The molecule has 0 saturated carbocycles. The van der Waals surface area contributed by atoms with Crippen LogP contribution in [0.2, 0.25) is 0 Å². The lowest BCUT2D eigenvalue weighted by atomic mass is 10.1. The van der Waals surface area contributed by atoms with Gasteiger partial charge in [0.2, 0.25) is 4.93 Å². The van der Waals surface area contributed by atoms with Crippen molar-refractivity contribution in [3.05, 3.63) is 35.9 Å². The number of hydrogen-bond donors (Lipinski definition) is 0. The van der Waals surface area contributed by atoms with Gasteiger partial charge in [-0.15, -0.1) is 0 Å². The molecule has 0 bridgehead atoms. The number of carbonyl (C=O) groups excluding carboxylic acids is 1. The minimum Gasteiger partial charge on any atom is -0.351 e. The summed E-state index contributed by atoms with van der Waals surface area (Å²) in [4.78, 5) is 12.8. The van der Waals surface area contributed by atoms with E-state index in [1.165, 1.54) is 16.7 Å². The van der Waals surface area contributed by atoms with E-state index in [1.807, 2.05) is 37.3 Å². The van der Waals surface area contributed by atoms with Gasteiger partial charge in [0, 0.05) is 19.2 Å². The Kier molecular flexibility index (Phi) is 3.51. The molecular weight excluding hydrogens is 254 g/mol. The van der Waals surface area contributed by atoms with Crippen LogP contribution in [-0.2, 0) is 14.5 Å². The average molecular weight is 267 g/mol. The third-order valence-corrected chi connectivity index (χ3v) is 4.38. The van der Waals surface area contributed by atoms with E-state index in [0.29, 0.717) is 10.9 Å². The molecule has 0 aromatic heterocycles. The van der Waals surface area contributed by atoms with Crippen molar-refractivity contribution in [2.45, 2.75) is 11.9 Å². The maximum Gasteiger partial charge on any atom is 0.275 e. The Morgan fingerprint density at radius 2 is 2.06 bits per heavy atom. The summed E-state index contributed by atoms with van der Waals surface area (Å²) in [7, 11) is 1.68. The summed E-state index contributed by atoms with van der Waals surface area (Å²) < 4.78 is 6.26. The molecule has 0 spiro atoms. The largest absolute Gasteiger partial charge is 0.351 e. The first-order chi connectivity index (χ1) is 8.12. The van der Waals surface area contributed by atoms with E-state index < -0.39 is 4.93 Å². The maximum absolute atomic E-state index is 12.3. The van der Waals surface area contributed by atoms with Gasteiger partial charge < -0.3 is 4.74 Å². The number of carbonyl (C=O) groups is 1. The zero-order chi connectivity index (χ0) is 12.5. The number of thioether (sulfide) groups is 1. The highest BCUT2D eigenvalue weighted by molar-refractivity contribution is 8.24. The SMILES string of the molecule is CCOC1(c2ccccc2)SC(=S)N(C)C1=O. The molecule has 17 heavy (non-hydrogen) atoms. The second kappa shape index (κ2) is 4.76. The van der Waals surface area contributed by atoms with Gasteiger partial charge in [-0.3, -0.25) is 9.69 Å². The van der Waals surface area contributed by atoms with Crippen LogP contribution in [0, 0.1) is 0 Å². The molecule has 1 aromatic rings. The van der Waals surface area contributed by atoms with Crippen molar-refractivity contribution in [3.8, 4) is 0 Å². The summed E-state index contributed by atoms with van der Waals surface area (Å²) in [6, 6.07) is 9.48. The van der Waals surface area contributed by atoms with Crippen LogP contribution in [0.15, 0.2) is 30.3 Å². The highest BCUT2D eigenvalue weighted by atomic mass is 32.2. The van der Waals surface area contributed by atoms with Gasteiger partial charge >= 0.3 is 0 Å². The fourth-order valence-corrected chi connectivity index (χ4v) is 3.31. The molecule has 1 aliphatic heterocycles. The molecule has 5 heteroatoms. The zero-order valence-electron chi connectivity index (χ0n) is 9.67. The summed E-state index contributed by atoms with van der Waals surface area (Å²) >= 11 is 6.46. The highest BCUT2D eigenvalue weighted by Gasteiger charge is 2.51. The summed E-state index contributed by atoms with van der Waals surface area (Å²) in [5, 5.41) is 0. The van der Waals surface area contributed by atoms with Crippen molar-refractivity contribution >= 4 is 34.2 Å². The van der Waals surface area contributed by atoms with E-state index in [4.69, 9.17) is 17.0 Å². The number of thiocarbonyl (C=S) groups is 1. The molecule has 90 valence electrons. The average Bonchev–Trinajstić information content (AvgIpc) is 2.57. The van der Waals surface area contributed by atoms with Crippen LogP contribution in [0.4, 0.5) is 0 Å². The van der Waals surface area contributed by atoms with Crippen molar-refractivity contribution in [2.75, 3.05) is 13.7 Å². The maximum atomic E-state index is 12.3. The lowest BCUT2D eigenvalue weighted by molar-refractivity contribution is -0.141. The fourth-order valence-electron chi connectivity index (χ4n) is 1.76. The third kappa shape index (κ3) is 1.99. The molecule has 1 aromatic carbocycles. The van der Waals surface area contributed by atoms with Gasteiger partial charge in [0.1, 0.15) is 4.32 Å². The van der Waals surface area contributed by atoms with Crippen LogP contribution in [0.1, 0.15) is 12.5 Å². The molecule has 1 unspecified atom stereocenters. The Hall–Kier alpha value is -0.910. The quantitative estimate of drug-likeness (QED) is 0.786. The smallest absolute Gasteiger partial charge is 0.275 e. The predicted octanol–water partition coefficient (Wildman–Crippen LogP) is 2.37. The van der Waals surface area contributed by atoms with Crippen LogP contribution < -0.4 is 0 Å². The summed E-state index contributed by atoms with van der Waals surface area (Å²) in [5.41, 5.74) is 0.837. The number of likely N-dealkylation sites (N-methyl/N-ethyl adjacent to an activating group) is 1. The second-order valence-electron chi connectivity index (χ2n) is 3.65. The molecular formula is C12H13NO2S2.